The number of nitrogens with one attached hydrogen (secondary N) is 5. The first kappa shape index (κ1) is 99.2. The first-order valence-corrected chi connectivity index (χ1v) is 47.5. The molecular weight excluding hydrogens is 1950 g/mol. The summed E-state index contributed by atoms with van der Waals surface area (Å²) < 4.78 is 7.84. The van der Waals surface area contributed by atoms with Crippen LogP contribution in [0.15, 0.2) is 170 Å². The van der Waals surface area contributed by atoms with Crippen LogP contribution in [-0.2, 0) is 40.5 Å². The summed E-state index contributed by atoms with van der Waals surface area (Å²) >= 11 is 50.4. The summed E-state index contributed by atoms with van der Waals surface area (Å²) in [6, 6.07) is 49.2. The lowest BCUT2D eigenvalue weighted by Gasteiger charge is -2.26. The Kier molecular flexibility index (Phi) is 32.7. The van der Waals surface area contributed by atoms with Gasteiger partial charge in [0.25, 0.3) is 23.6 Å². The normalized spacial score (nSPS) is 14.2. The van der Waals surface area contributed by atoms with E-state index in [0.717, 1.165) is 163 Å². The Labute approximate surface area is 836 Å². The molecule has 139 heavy (non-hydrogen) atoms. The number of hydrogen-bond donors (Lipinski definition) is 9. The first-order valence-electron chi connectivity index (χ1n) is 44.4. The smallest absolute Gasteiger partial charge is 0.286 e. The number of nitrogens with zero attached hydrogens (tertiary/aromatic N) is 24. The van der Waals surface area contributed by atoms with E-state index in [-0.39, 0.29) is 46.4 Å². The van der Waals surface area contributed by atoms with Gasteiger partial charge in [0.1, 0.15) is 0 Å². The van der Waals surface area contributed by atoms with Gasteiger partial charge >= 0.3 is 0 Å². The van der Waals surface area contributed by atoms with Crippen molar-refractivity contribution in [3.8, 4) is 102 Å². The maximum absolute atomic E-state index is 13.3. The van der Waals surface area contributed by atoms with Crippen molar-refractivity contribution in [2.24, 2.45) is 14.1 Å². The molecule has 0 aliphatic carbocycles. The van der Waals surface area contributed by atoms with Crippen LogP contribution in [-0.4, -0.2) is 217 Å². The summed E-state index contributed by atoms with van der Waals surface area (Å²) in [4.78, 5) is 57.8. The number of carbonyl (C=O) groups excluding carboxylic acids is 4. The van der Waals surface area contributed by atoms with Crippen LogP contribution in [0.5, 0.6) is 0 Å². The number of piperidine rings is 4. The highest BCUT2D eigenvalue weighted by Gasteiger charge is 2.34. The van der Waals surface area contributed by atoms with Gasteiger partial charge in [-0.3, -0.25) is 40.9 Å². The molecule has 45 heteroatoms. The molecule has 4 amide bonds. The Morgan fingerprint density at radius 3 is 0.892 bits per heavy atom. The average molecular weight is 2040 g/mol. The van der Waals surface area contributed by atoms with Gasteiger partial charge in [-0.1, -0.05) is 216 Å². The maximum Gasteiger partial charge on any atom is 0.286 e. The van der Waals surface area contributed by atoms with Gasteiger partial charge in [0.05, 0.1) is 106 Å². The third-order valence-corrected chi connectivity index (χ3v) is 25.6. The summed E-state index contributed by atoms with van der Waals surface area (Å²) in [5, 5.41) is 108. The van der Waals surface area contributed by atoms with Gasteiger partial charge in [-0.2, -0.15) is 30.4 Å². The minimum Gasteiger partial charge on any atom is -0.392 e. The summed E-state index contributed by atoms with van der Waals surface area (Å²) in [6.45, 7) is 11.8. The molecule has 0 bridgehead atoms. The molecule has 9 N–H and O–H groups in total. The van der Waals surface area contributed by atoms with E-state index in [4.69, 9.17) is 99.4 Å². The Morgan fingerprint density at radius 2 is 0.640 bits per heavy atom. The molecule has 4 aliphatic rings. The predicted octanol–water partition coefficient (Wildman–Crippen LogP) is 16.0. The third kappa shape index (κ3) is 23.0. The molecule has 8 aromatic carbocycles. The third-order valence-electron chi connectivity index (χ3n) is 23.4. The van der Waals surface area contributed by atoms with Crippen LogP contribution >= 0.6 is 92.8 Å². The van der Waals surface area contributed by atoms with E-state index < -0.39 is 26.4 Å². The Balaban J connectivity index is 0.000000134. The highest BCUT2D eigenvalue weighted by Crippen LogP contribution is 2.41. The number of aliphatic hydroxyl groups is 4. The summed E-state index contributed by atoms with van der Waals surface area (Å²) in [5.41, 5.74) is 23.7. The van der Waals surface area contributed by atoms with E-state index >= 15 is 0 Å². The van der Waals surface area contributed by atoms with Crippen LogP contribution in [0.25, 0.3) is 107 Å². The fourth-order valence-electron chi connectivity index (χ4n) is 16.6. The van der Waals surface area contributed by atoms with Crippen molar-refractivity contribution in [2.75, 3.05) is 52.4 Å². The average Bonchev–Trinajstić information content (AvgIpc) is 1.63. The van der Waals surface area contributed by atoms with E-state index in [1.807, 2.05) is 92.8 Å². The summed E-state index contributed by atoms with van der Waals surface area (Å²) in [5.74, 6) is 0.0133. The number of aryl methyl sites for hydroxylation is 2. The number of hydrazine groups is 4. The molecule has 4 fully saturated rings. The number of benzene rings is 8. The number of rotatable bonds is 23. The van der Waals surface area contributed by atoms with E-state index in [9.17, 15) is 39.6 Å². The lowest BCUT2D eigenvalue weighted by Crippen LogP contribution is -2.45. The van der Waals surface area contributed by atoms with Crippen molar-refractivity contribution in [1.82, 2.24) is 142 Å². The predicted molar refractivity (Wildman–Crippen MR) is 526 cm³/mol. The van der Waals surface area contributed by atoms with Crippen LogP contribution in [0.4, 0.5) is 5.69 Å². The van der Waals surface area contributed by atoms with Crippen LogP contribution < -0.4 is 21.7 Å². The lowest BCUT2D eigenvalue weighted by atomic mass is 10.0. The van der Waals surface area contributed by atoms with Crippen molar-refractivity contribution in [3.63, 3.8) is 0 Å². The number of hydrogen-bond acceptors (Lipinski definition) is 25. The van der Waals surface area contributed by atoms with Crippen molar-refractivity contribution in [1.29, 1.82) is 0 Å². The first-order chi connectivity index (χ1) is 67.5. The van der Waals surface area contributed by atoms with Crippen molar-refractivity contribution in [2.45, 2.75) is 103 Å². The van der Waals surface area contributed by atoms with Gasteiger partial charge in [0.2, 0.25) is 11.6 Å². The number of halogens is 8. The van der Waals surface area contributed by atoms with E-state index in [0.29, 0.717) is 137 Å². The fourth-order valence-corrected chi connectivity index (χ4v) is 18.6. The SMILES string of the molecule is Cn1nnc(-c2ccc(-c3c(CO)c(C(=O)NN4CCCCC4)nn3-c3ccc(Cl)cc3Cl)cc2)n1.Cn1nnnc1-c1ccc(-c2c(CO)c(C(=O)NN3CCCCC3)nn2-c2ccc(Cl)cc2Cl)cc1.O=C(NN1CCCCC1)c1nn(-c2ccc(Cl)cc2Cl)c(-c2ccc(-c3nn[nH]n3)cc2)c1CO.[C-]#[N+]c1ccc(-c2c(CO)c(C(=O)NN3CCCCC3)nn2-c2ccc(Cl)cc2Cl)cc1. The molecule has 0 saturated carbocycles. The Morgan fingerprint density at radius 1 is 0.353 bits per heavy atom. The number of aromatic amines is 1. The van der Waals surface area contributed by atoms with E-state index in [1.165, 1.54) is 4.80 Å². The van der Waals surface area contributed by atoms with Crippen LogP contribution in [0.1, 0.15) is 141 Å². The van der Waals surface area contributed by atoms with Gasteiger partial charge in [-0.25, -0.2) is 48.3 Å². The Bertz CT molecular complexity index is 6940. The molecule has 11 heterocycles. The second-order valence-corrected chi connectivity index (χ2v) is 36.0. The second-order valence-electron chi connectivity index (χ2n) is 32.7. The van der Waals surface area contributed by atoms with Gasteiger partial charge in [-0.15, -0.1) is 25.5 Å². The molecular formula is C94H91Cl8N29O8. The van der Waals surface area contributed by atoms with Gasteiger partial charge < -0.3 is 20.4 Å². The molecule has 15 aromatic rings. The molecule has 716 valence electrons. The number of tetrazole rings is 3. The molecule has 37 nitrogen and oxygen atoms in total. The molecule has 19 rings (SSSR count). The van der Waals surface area contributed by atoms with Crippen molar-refractivity contribution in [3.05, 3.63) is 266 Å². The molecule has 7 aromatic heterocycles. The number of H-pyrrole nitrogens is 1. The second kappa shape index (κ2) is 45.9. The minimum absolute atomic E-state index is 0.119. The molecule has 4 saturated heterocycles. The Hall–Kier alpha value is -12.8. The molecule has 0 atom stereocenters. The molecule has 4 aliphatic heterocycles. The highest BCUT2D eigenvalue weighted by atomic mass is 35.5. The topological polar surface area (TPSA) is 428 Å². The van der Waals surface area contributed by atoms with Crippen LogP contribution in [0.3, 0.4) is 0 Å². The number of aliphatic hydroxyl groups excluding tert-OH is 4. The largest absolute Gasteiger partial charge is 0.392 e. The van der Waals surface area contributed by atoms with Crippen molar-refractivity contribution < 1.29 is 39.6 Å². The zero-order valence-corrected chi connectivity index (χ0v) is 80.9. The summed E-state index contributed by atoms with van der Waals surface area (Å²) in [6.07, 6.45) is 12.7. The zero-order valence-electron chi connectivity index (χ0n) is 74.8. The van der Waals surface area contributed by atoms with E-state index in [1.54, 1.807) is 135 Å². The van der Waals surface area contributed by atoms with Gasteiger partial charge in [-0.05, 0) is 151 Å². The minimum atomic E-state index is -0.395. The van der Waals surface area contributed by atoms with Gasteiger partial charge in [0.15, 0.2) is 34.3 Å². The summed E-state index contributed by atoms with van der Waals surface area (Å²) in [7, 11) is 3.46. The van der Waals surface area contributed by atoms with Crippen LogP contribution in [0.2, 0.25) is 40.2 Å². The molecule has 0 unspecified atom stereocenters. The standard InChI is InChI=1S/2C24H24Cl2N8O2.C23H22Cl2N8O2.C23H21Cl2N5O2/c1-32-23(27-30-31-32)16-7-5-15(6-8-16)22-18(14-35)21(24(36)29-33-11-3-2-4-12-33)28-34(22)20-10-9-17(25)13-19(20)26;1-32-29-23(27-31-32)16-7-5-15(6-8-16)22-18(14-35)21(24(36)30-33-11-3-2-4-12-33)28-34(22)20-10-9-17(25)13-19(20)26;24-16-8-9-19(18(25)12-16)33-21(14-4-6-15(7-5-14)22-26-30-31-27-22)17(13-34)20(28-33)23(35)29-32-10-2-1-3-11-32;1-26-17-8-5-15(6-9-17)22-18(14-31)21(23(32)28-29-11-3-2-4-12-29)27-30(22)20-10-7-16(24)13-19(20)25/h5-10,13,35H,2-4,11-12,14H2,1H3,(H,29,36);5-10,13,35H,2-4,11-12,14H2,1H3,(H,30,36);4-9,12,34H,1-3,10-11,13H2,(H,29,35)(H,26,27,30,31);5-10,13,31H,2-4,11-12,14H2,(H,28,32). The molecule has 0 radical (unpaired) electrons. The number of aromatic nitrogens is 20. The van der Waals surface area contributed by atoms with E-state index in [2.05, 4.69) is 98.5 Å². The quantitative estimate of drug-likeness (QED) is 0.0269. The zero-order chi connectivity index (χ0) is 97.5. The maximum atomic E-state index is 13.3. The fraction of sp³-hybridized carbons (Fsp3) is 0.277. The number of amides is 4. The van der Waals surface area contributed by atoms with Crippen LogP contribution in [0, 0.1) is 6.57 Å². The monoisotopic (exact) mass is 2030 g/mol. The molecule has 0 spiro atoms. The lowest BCUT2D eigenvalue weighted by molar-refractivity contribution is 0.0734. The highest BCUT2D eigenvalue weighted by molar-refractivity contribution is 6.37. The van der Waals surface area contributed by atoms with Gasteiger partial charge in [0, 0.05) is 135 Å². The number of carbonyl (C=O) groups is 4. The van der Waals surface area contributed by atoms with Crippen molar-refractivity contribution >= 4 is 122 Å².